The predicted octanol–water partition coefficient (Wildman–Crippen LogP) is 3.79. The van der Waals surface area contributed by atoms with E-state index >= 15 is 0 Å². The van der Waals surface area contributed by atoms with E-state index in [-0.39, 0.29) is 6.04 Å². The van der Waals surface area contributed by atoms with E-state index in [1.807, 2.05) is 20.8 Å². The number of thioether (sulfide) groups is 1. The Balaban J connectivity index is 2.46. The first-order chi connectivity index (χ1) is 9.67. The van der Waals surface area contributed by atoms with E-state index in [1.165, 1.54) is 11.8 Å². The van der Waals surface area contributed by atoms with Gasteiger partial charge in [-0.15, -0.1) is 10.2 Å². The molecule has 1 heterocycles. The molecule has 0 aromatic carbocycles. The van der Waals surface area contributed by atoms with Crippen LogP contribution in [0.2, 0.25) is 0 Å². The highest BCUT2D eigenvalue weighted by Gasteiger charge is 2.21. The minimum atomic E-state index is -0.531. The summed E-state index contributed by atoms with van der Waals surface area (Å²) in [4.78, 5) is 11.7. The average molecular weight is 315 g/mol. The third-order valence-electron chi connectivity index (χ3n) is 2.45. The molecule has 7 heteroatoms. The Bertz CT molecular complexity index is 455. The smallest absolute Gasteiger partial charge is 0.408 e. The minimum absolute atomic E-state index is 0.382. The molecule has 1 aromatic rings. The zero-order chi connectivity index (χ0) is 16.0. The van der Waals surface area contributed by atoms with Gasteiger partial charge in [0, 0.05) is 5.75 Å². The maximum atomic E-state index is 11.7. The van der Waals surface area contributed by atoms with Gasteiger partial charge in [-0.2, -0.15) is 0 Å². The highest BCUT2D eigenvalue weighted by Crippen LogP contribution is 2.21. The normalized spacial score (nSPS) is 13.3. The van der Waals surface area contributed by atoms with Crippen LogP contribution in [0.15, 0.2) is 9.64 Å². The Morgan fingerprint density at radius 2 is 2.00 bits per heavy atom. The number of hydrogen-bond donors (Lipinski definition) is 1. The number of nitrogens with zero attached hydrogens (tertiary/aromatic N) is 2. The van der Waals surface area contributed by atoms with Gasteiger partial charge in [0.05, 0.1) is 0 Å². The van der Waals surface area contributed by atoms with Gasteiger partial charge in [0.25, 0.3) is 5.22 Å². The summed E-state index contributed by atoms with van der Waals surface area (Å²) in [5.41, 5.74) is -0.531. The highest BCUT2D eigenvalue weighted by atomic mass is 32.2. The molecule has 0 saturated carbocycles. The molecule has 1 atom stereocenters. The monoisotopic (exact) mass is 315 g/mol. The lowest BCUT2D eigenvalue weighted by Crippen LogP contribution is -2.34. The molecule has 0 spiro atoms. The molecule has 6 nitrogen and oxygen atoms in total. The number of nitrogens with one attached hydrogen (secondary N) is 1. The number of rotatable bonds is 6. The molecule has 0 fully saturated rings. The predicted molar refractivity (Wildman–Crippen MR) is 82.3 cm³/mol. The van der Waals surface area contributed by atoms with Crippen molar-refractivity contribution in [3.63, 3.8) is 0 Å². The number of ether oxygens (including phenoxy) is 1. The lowest BCUT2D eigenvalue weighted by atomic mass is 10.2. The zero-order valence-corrected chi connectivity index (χ0v) is 14.4. The zero-order valence-electron chi connectivity index (χ0n) is 13.6. The number of amides is 1. The Labute approximate surface area is 130 Å². The summed E-state index contributed by atoms with van der Waals surface area (Å²) in [6, 6.07) is -0.383. The summed E-state index contributed by atoms with van der Waals surface area (Å²) in [6.45, 7) is 11.6. The van der Waals surface area contributed by atoms with Gasteiger partial charge < -0.3 is 14.5 Å². The average Bonchev–Trinajstić information content (AvgIpc) is 2.74. The van der Waals surface area contributed by atoms with Crippen molar-refractivity contribution < 1.29 is 13.9 Å². The Morgan fingerprint density at radius 1 is 1.33 bits per heavy atom. The first-order valence-electron chi connectivity index (χ1n) is 7.13. The number of aromatic nitrogens is 2. The standard InChI is InChI=1S/C14H25N3O3S/c1-9(2)7-8-21-13-17-16-11(19-13)10(3)15-12(18)20-14(4,5)6/h9-10H,7-8H2,1-6H3,(H,15,18)/t10-/m0/s1. The molecular weight excluding hydrogens is 290 g/mol. The van der Waals surface area contributed by atoms with E-state index in [2.05, 4.69) is 29.4 Å². The van der Waals surface area contributed by atoms with Crippen molar-refractivity contribution in [2.24, 2.45) is 5.92 Å². The molecule has 0 unspecified atom stereocenters. The van der Waals surface area contributed by atoms with Crippen LogP contribution < -0.4 is 5.32 Å². The fraction of sp³-hybridized carbons (Fsp3) is 0.786. The minimum Gasteiger partial charge on any atom is -0.444 e. The quantitative estimate of drug-likeness (QED) is 0.805. The van der Waals surface area contributed by atoms with Crippen molar-refractivity contribution in [1.29, 1.82) is 0 Å². The van der Waals surface area contributed by atoms with Crippen molar-refractivity contribution in [2.45, 2.75) is 64.8 Å². The van der Waals surface area contributed by atoms with Crippen molar-refractivity contribution in [3.05, 3.63) is 5.89 Å². The third kappa shape index (κ3) is 7.36. The fourth-order valence-corrected chi connectivity index (χ4v) is 2.39. The molecule has 21 heavy (non-hydrogen) atoms. The van der Waals surface area contributed by atoms with Crippen LogP contribution in [0.25, 0.3) is 0 Å². The second-order valence-corrected chi connectivity index (χ2v) is 7.35. The van der Waals surface area contributed by atoms with Crippen molar-refractivity contribution in [1.82, 2.24) is 15.5 Å². The van der Waals surface area contributed by atoms with E-state index in [0.29, 0.717) is 17.0 Å². The highest BCUT2D eigenvalue weighted by molar-refractivity contribution is 7.99. The van der Waals surface area contributed by atoms with E-state index in [9.17, 15) is 4.79 Å². The van der Waals surface area contributed by atoms with E-state index in [0.717, 1.165) is 12.2 Å². The summed E-state index contributed by atoms with van der Waals surface area (Å²) in [5, 5.41) is 11.1. The summed E-state index contributed by atoms with van der Waals surface area (Å²) in [7, 11) is 0. The second kappa shape index (κ2) is 7.68. The molecule has 0 saturated heterocycles. The van der Waals surface area contributed by atoms with E-state index < -0.39 is 11.7 Å². The van der Waals surface area contributed by atoms with Crippen LogP contribution in [0.3, 0.4) is 0 Å². The molecule has 0 aliphatic heterocycles. The summed E-state index contributed by atoms with van der Waals surface area (Å²) in [5.74, 6) is 1.97. The topological polar surface area (TPSA) is 77.2 Å². The van der Waals surface area contributed by atoms with Gasteiger partial charge in [-0.1, -0.05) is 25.6 Å². The van der Waals surface area contributed by atoms with E-state index in [1.54, 1.807) is 6.92 Å². The van der Waals surface area contributed by atoms with Crippen LogP contribution >= 0.6 is 11.8 Å². The molecule has 120 valence electrons. The number of hydrogen-bond acceptors (Lipinski definition) is 6. The Morgan fingerprint density at radius 3 is 2.57 bits per heavy atom. The van der Waals surface area contributed by atoms with Crippen LogP contribution in [0.1, 0.15) is 59.9 Å². The third-order valence-corrected chi connectivity index (χ3v) is 3.30. The molecule has 1 amide bonds. The van der Waals surface area contributed by atoms with Crippen molar-refractivity contribution >= 4 is 17.9 Å². The second-order valence-electron chi connectivity index (χ2n) is 6.31. The van der Waals surface area contributed by atoms with Gasteiger partial charge in [-0.05, 0) is 40.0 Å². The molecule has 1 aromatic heterocycles. The first kappa shape index (κ1) is 17.8. The van der Waals surface area contributed by atoms with E-state index in [4.69, 9.17) is 9.15 Å². The summed E-state index contributed by atoms with van der Waals surface area (Å²) < 4.78 is 10.7. The SMILES string of the molecule is CC(C)CCSc1nnc([C@H](C)NC(=O)OC(C)(C)C)o1. The van der Waals surface area contributed by atoms with Crippen molar-refractivity contribution in [3.8, 4) is 0 Å². The first-order valence-corrected chi connectivity index (χ1v) is 8.11. The number of carbonyl (C=O) groups excluding carboxylic acids is 1. The Hall–Kier alpha value is -1.24. The number of carbonyl (C=O) groups is 1. The van der Waals surface area contributed by atoms with Gasteiger partial charge in [0.2, 0.25) is 5.89 Å². The maximum Gasteiger partial charge on any atom is 0.408 e. The van der Waals surface area contributed by atoms with Gasteiger partial charge in [-0.25, -0.2) is 4.79 Å². The molecule has 1 rings (SSSR count). The van der Waals surface area contributed by atoms with Crippen LogP contribution in [0.4, 0.5) is 4.79 Å². The summed E-state index contributed by atoms with van der Waals surface area (Å²) >= 11 is 1.53. The molecule has 0 aliphatic rings. The molecular formula is C14H25N3O3S. The molecule has 1 N–H and O–H groups in total. The molecule has 0 bridgehead atoms. The largest absolute Gasteiger partial charge is 0.444 e. The Kier molecular flexibility index (Phi) is 6.51. The molecule has 0 radical (unpaired) electrons. The van der Waals surface area contributed by atoms with Crippen LogP contribution in [-0.4, -0.2) is 27.6 Å². The van der Waals surface area contributed by atoms with Gasteiger partial charge in [-0.3, -0.25) is 0 Å². The summed E-state index contributed by atoms with van der Waals surface area (Å²) in [6.07, 6.45) is 0.593. The van der Waals surface area contributed by atoms with Crippen molar-refractivity contribution in [2.75, 3.05) is 5.75 Å². The van der Waals surface area contributed by atoms with Crippen LogP contribution in [-0.2, 0) is 4.74 Å². The van der Waals surface area contributed by atoms with Gasteiger partial charge >= 0.3 is 6.09 Å². The lowest BCUT2D eigenvalue weighted by molar-refractivity contribution is 0.0500. The van der Waals surface area contributed by atoms with Gasteiger partial charge in [0.1, 0.15) is 11.6 Å². The lowest BCUT2D eigenvalue weighted by Gasteiger charge is -2.20. The fourth-order valence-electron chi connectivity index (χ4n) is 1.38. The van der Waals surface area contributed by atoms with Gasteiger partial charge in [0.15, 0.2) is 0 Å². The maximum absolute atomic E-state index is 11.7. The van der Waals surface area contributed by atoms with Crippen LogP contribution in [0, 0.1) is 5.92 Å². The molecule has 0 aliphatic carbocycles. The number of alkyl carbamates (subject to hydrolysis) is 1. The van der Waals surface area contributed by atoms with Crippen LogP contribution in [0.5, 0.6) is 0 Å².